The van der Waals surface area contributed by atoms with E-state index < -0.39 is 0 Å². The summed E-state index contributed by atoms with van der Waals surface area (Å²) >= 11 is 14.4. The summed E-state index contributed by atoms with van der Waals surface area (Å²) in [6.07, 6.45) is 3.71. The third kappa shape index (κ3) is 2.73. The fourth-order valence-electron chi connectivity index (χ4n) is 5.59. The molecule has 3 atom stereocenters. The van der Waals surface area contributed by atoms with Crippen molar-refractivity contribution in [2.45, 2.75) is 5.41 Å². The number of aromatic amines is 1. The van der Waals surface area contributed by atoms with Crippen molar-refractivity contribution in [3.05, 3.63) is 45.1 Å². The zero-order chi connectivity index (χ0) is 23.2. The molecule has 1 saturated carbocycles. The quantitative estimate of drug-likeness (QED) is 0.378. The SMILES string of the molecule is Cn1cc2c(Cl)c(-c3n[nH]c4nc(N5C[C@@H]6[C@H](C5)[C@]6(CN)c5nc(Cl)cs5)cnc34)ccc2n1. The largest absolute Gasteiger partial charge is 0.355 e. The summed E-state index contributed by atoms with van der Waals surface area (Å²) in [6.45, 7) is 2.31. The molecule has 172 valence electrons. The van der Waals surface area contributed by atoms with Crippen molar-refractivity contribution < 1.29 is 0 Å². The van der Waals surface area contributed by atoms with Gasteiger partial charge in [-0.3, -0.25) is 9.78 Å². The molecule has 0 radical (unpaired) electrons. The number of aryl methyl sites for hydroxylation is 1. The number of H-pyrrole nitrogens is 1. The van der Waals surface area contributed by atoms with Gasteiger partial charge in [0.25, 0.3) is 0 Å². The standard InChI is InChI=1S/C22H19Cl2N9S/c1-32-5-11-14(31-32)3-2-10(17(11)24)18-19-20(30-29-18)28-16(4-26-19)33-6-12-13(7-33)22(12,9-25)21-27-15(23)8-34-21/h2-5,8,12-13H,6-7,9,25H2,1H3,(H,28,29,30)/t12-,13+,22-. The number of fused-ring (bicyclic) bond motifs is 3. The lowest BCUT2D eigenvalue weighted by atomic mass is 10.0. The van der Waals surface area contributed by atoms with Crippen LogP contribution in [0.15, 0.2) is 29.9 Å². The van der Waals surface area contributed by atoms with Gasteiger partial charge >= 0.3 is 0 Å². The van der Waals surface area contributed by atoms with Crippen LogP contribution in [0, 0.1) is 11.8 Å². The first kappa shape index (κ1) is 20.6. The van der Waals surface area contributed by atoms with E-state index in [2.05, 4.69) is 25.2 Å². The van der Waals surface area contributed by atoms with E-state index in [9.17, 15) is 0 Å². The van der Waals surface area contributed by atoms with E-state index in [4.69, 9.17) is 38.9 Å². The molecule has 7 rings (SSSR count). The third-order valence-corrected chi connectivity index (χ3v) is 9.09. The van der Waals surface area contributed by atoms with Crippen LogP contribution in [0.3, 0.4) is 0 Å². The average Bonchev–Trinajstić information content (AvgIpc) is 3.44. The van der Waals surface area contributed by atoms with Gasteiger partial charge in [-0.2, -0.15) is 10.2 Å². The number of hydrogen-bond donors (Lipinski definition) is 2. The van der Waals surface area contributed by atoms with Gasteiger partial charge in [0, 0.05) is 54.6 Å². The molecule has 1 saturated heterocycles. The number of nitrogens with two attached hydrogens (primary N) is 1. The summed E-state index contributed by atoms with van der Waals surface area (Å²) in [6, 6.07) is 3.86. The average molecular weight is 512 g/mol. The predicted octanol–water partition coefficient (Wildman–Crippen LogP) is 3.63. The fraction of sp³-hybridized carbons (Fsp3) is 0.318. The van der Waals surface area contributed by atoms with Gasteiger partial charge in [-0.1, -0.05) is 23.2 Å². The highest BCUT2D eigenvalue weighted by molar-refractivity contribution is 7.10. The molecule has 0 bridgehead atoms. The number of hydrogen-bond acceptors (Lipinski definition) is 8. The Labute approximate surface area is 207 Å². The predicted molar refractivity (Wildman–Crippen MR) is 133 cm³/mol. The zero-order valence-electron chi connectivity index (χ0n) is 18.0. The maximum absolute atomic E-state index is 6.71. The number of piperidine rings is 1. The number of benzene rings is 1. The summed E-state index contributed by atoms with van der Waals surface area (Å²) in [4.78, 5) is 16.3. The van der Waals surface area contributed by atoms with Crippen molar-refractivity contribution in [3.63, 3.8) is 0 Å². The van der Waals surface area contributed by atoms with E-state index in [1.165, 1.54) is 0 Å². The van der Waals surface area contributed by atoms with Crippen molar-refractivity contribution in [2.24, 2.45) is 24.6 Å². The first-order valence-electron chi connectivity index (χ1n) is 10.9. The highest BCUT2D eigenvalue weighted by Gasteiger charge is 2.69. The Kier molecular flexibility index (Phi) is 4.30. The molecule has 5 aromatic rings. The molecule has 34 heavy (non-hydrogen) atoms. The molecule has 0 unspecified atom stereocenters. The minimum Gasteiger partial charge on any atom is -0.355 e. The Hall–Kier alpha value is -2.79. The molecule has 9 nitrogen and oxygen atoms in total. The van der Waals surface area contributed by atoms with Crippen molar-refractivity contribution in [1.82, 2.24) is 34.9 Å². The van der Waals surface area contributed by atoms with Crippen molar-refractivity contribution >= 4 is 62.4 Å². The van der Waals surface area contributed by atoms with Crippen molar-refractivity contribution in [3.8, 4) is 11.3 Å². The fourth-order valence-corrected chi connectivity index (χ4v) is 7.18. The highest BCUT2D eigenvalue weighted by Crippen LogP contribution is 2.63. The molecular weight excluding hydrogens is 493 g/mol. The topological polar surface area (TPSA) is 114 Å². The lowest BCUT2D eigenvalue weighted by Gasteiger charge is -2.25. The van der Waals surface area contributed by atoms with Crippen LogP contribution in [0.1, 0.15) is 5.01 Å². The Morgan fingerprint density at radius 3 is 2.79 bits per heavy atom. The molecule has 12 heteroatoms. The van der Waals surface area contributed by atoms with Gasteiger partial charge in [-0.25, -0.2) is 15.0 Å². The number of anilines is 1. The Balaban J connectivity index is 1.18. The normalized spacial score (nSPS) is 23.8. The van der Waals surface area contributed by atoms with E-state index in [0.29, 0.717) is 45.4 Å². The summed E-state index contributed by atoms with van der Waals surface area (Å²) in [7, 11) is 1.87. The van der Waals surface area contributed by atoms with E-state index >= 15 is 0 Å². The van der Waals surface area contributed by atoms with Crippen LogP contribution >= 0.6 is 34.5 Å². The van der Waals surface area contributed by atoms with E-state index in [1.54, 1.807) is 16.0 Å². The van der Waals surface area contributed by atoms with Gasteiger partial charge in [0.2, 0.25) is 0 Å². The molecule has 1 aliphatic carbocycles. The Morgan fingerprint density at radius 1 is 1.24 bits per heavy atom. The second kappa shape index (κ2) is 7.11. The van der Waals surface area contributed by atoms with Gasteiger partial charge in [-0.15, -0.1) is 11.3 Å². The van der Waals surface area contributed by atoms with Gasteiger partial charge in [-0.05, 0) is 24.0 Å². The lowest BCUT2D eigenvalue weighted by Crippen LogP contribution is -2.35. The summed E-state index contributed by atoms with van der Waals surface area (Å²) < 4.78 is 1.75. The molecule has 1 aromatic carbocycles. The number of halogens is 2. The molecule has 1 aliphatic heterocycles. The second-order valence-electron chi connectivity index (χ2n) is 9.00. The molecule has 2 aliphatic rings. The number of nitrogens with one attached hydrogen (secondary N) is 1. The van der Waals surface area contributed by atoms with Crippen LogP contribution in [-0.2, 0) is 12.5 Å². The molecule has 4 aromatic heterocycles. The minimum absolute atomic E-state index is 0.0608. The molecular formula is C22H19Cl2N9S. The second-order valence-corrected chi connectivity index (χ2v) is 10.6. The van der Waals surface area contributed by atoms with E-state index in [0.717, 1.165) is 40.4 Å². The molecule has 0 amide bonds. The highest BCUT2D eigenvalue weighted by atomic mass is 35.5. The molecule has 3 N–H and O–H groups in total. The first-order chi connectivity index (χ1) is 16.5. The van der Waals surface area contributed by atoms with Crippen molar-refractivity contribution in [1.29, 1.82) is 0 Å². The van der Waals surface area contributed by atoms with Gasteiger partial charge < -0.3 is 10.6 Å². The lowest BCUT2D eigenvalue weighted by molar-refractivity contribution is 0.550. The third-order valence-electron chi connectivity index (χ3n) is 7.32. The summed E-state index contributed by atoms with van der Waals surface area (Å²) in [5.74, 6) is 1.71. The van der Waals surface area contributed by atoms with Crippen LogP contribution in [0.5, 0.6) is 0 Å². The van der Waals surface area contributed by atoms with Crippen LogP contribution in [0.25, 0.3) is 33.3 Å². The monoisotopic (exact) mass is 511 g/mol. The minimum atomic E-state index is -0.0608. The van der Waals surface area contributed by atoms with E-state index in [-0.39, 0.29) is 5.41 Å². The van der Waals surface area contributed by atoms with Crippen molar-refractivity contribution in [2.75, 3.05) is 24.5 Å². The molecule has 2 fully saturated rings. The van der Waals surface area contributed by atoms with Crippen LogP contribution in [0.2, 0.25) is 10.2 Å². The van der Waals surface area contributed by atoms with E-state index in [1.807, 2.05) is 37.0 Å². The van der Waals surface area contributed by atoms with Crippen LogP contribution in [0.4, 0.5) is 5.82 Å². The van der Waals surface area contributed by atoms with Crippen LogP contribution in [-0.4, -0.2) is 54.6 Å². The first-order valence-corrected chi connectivity index (χ1v) is 12.5. The van der Waals surface area contributed by atoms with Gasteiger partial charge in [0.15, 0.2) is 5.65 Å². The zero-order valence-corrected chi connectivity index (χ0v) is 20.4. The smallest absolute Gasteiger partial charge is 0.177 e. The van der Waals surface area contributed by atoms with Gasteiger partial charge in [0.05, 0.1) is 16.7 Å². The Bertz CT molecular complexity index is 1580. The summed E-state index contributed by atoms with van der Waals surface area (Å²) in [5.41, 5.74) is 9.79. The maximum Gasteiger partial charge on any atom is 0.177 e. The number of nitrogens with zero attached hydrogens (tertiary/aromatic N) is 7. The molecule has 0 spiro atoms. The number of thiazole rings is 1. The van der Waals surface area contributed by atoms with Crippen LogP contribution < -0.4 is 10.6 Å². The summed E-state index contributed by atoms with van der Waals surface area (Å²) in [5, 5.41) is 16.9. The Morgan fingerprint density at radius 2 is 2.06 bits per heavy atom. The maximum atomic E-state index is 6.71. The van der Waals surface area contributed by atoms with Gasteiger partial charge in [0.1, 0.15) is 27.2 Å². The molecule has 5 heterocycles. The number of aromatic nitrogens is 7. The number of rotatable bonds is 4.